The number of hydrogen-bond donors (Lipinski definition) is 0. The predicted molar refractivity (Wildman–Crippen MR) is 72.7 cm³/mol. The first-order valence-electron chi connectivity index (χ1n) is 5.80. The second kappa shape index (κ2) is 6.47. The summed E-state index contributed by atoms with van der Waals surface area (Å²) in [5, 5.41) is 0. The molecule has 0 saturated heterocycles. The zero-order valence-electron chi connectivity index (χ0n) is 11.0. The van der Waals surface area contributed by atoms with Crippen molar-refractivity contribution in [2.75, 3.05) is 25.6 Å². The third kappa shape index (κ3) is 5.21. The summed E-state index contributed by atoms with van der Waals surface area (Å²) in [7, 11) is -0.555. The Morgan fingerprint density at radius 1 is 1.11 bits per heavy atom. The van der Waals surface area contributed by atoms with E-state index >= 15 is 0 Å². The average molecular weight is 283 g/mol. The summed E-state index contributed by atoms with van der Waals surface area (Å²) in [5.41, 5.74) is 0.483. The number of benzene rings is 1. The standard InChI is InChI=1S/C13H17NO4S/c1-14(2)13(16)10-19(17,18)9-8-12(15)11-6-4-3-5-7-11/h3-7H,8-10H2,1-2H3. The molecule has 1 aromatic rings. The molecule has 0 unspecified atom stereocenters. The molecule has 0 aliphatic heterocycles. The number of nitrogens with zero attached hydrogens (tertiary/aromatic N) is 1. The zero-order chi connectivity index (χ0) is 14.5. The number of carbonyl (C=O) groups is 2. The van der Waals surface area contributed by atoms with E-state index in [0.29, 0.717) is 5.56 Å². The van der Waals surface area contributed by atoms with Crippen molar-refractivity contribution in [1.82, 2.24) is 4.90 Å². The van der Waals surface area contributed by atoms with Crippen molar-refractivity contribution in [3.8, 4) is 0 Å². The molecule has 104 valence electrons. The Balaban J connectivity index is 2.57. The Morgan fingerprint density at radius 3 is 2.21 bits per heavy atom. The van der Waals surface area contributed by atoms with Gasteiger partial charge in [0.25, 0.3) is 0 Å². The molecule has 1 rings (SSSR count). The van der Waals surface area contributed by atoms with Crippen LogP contribution in [0.5, 0.6) is 0 Å². The topological polar surface area (TPSA) is 71.5 Å². The first kappa shape index (κ1) is 15.4. The molecule has 0 aromatic heterocycles. The van der Waals surface area contributed by atoms with Gasteiger partial charge in [-0.2, -0.15) is 0 Å². The van der Waals surface area contributed by atoms with Crippen molar-refractivity contribution in [2.45, 2.75) is 6.42 Å². The second-order valence-electron chi connectivity index (χ2n) is 4.42. The monoisotopic (exact) mass is 283 g/mol. The van der Waals surface area contributed by atoms with Crippen molar-refractivity contribution in [3.63, 3.8) is 0 Å². The van der Waals surface area contributed by atoms with Gasteiger partial charge in [-0.25, -0.2) is 8.42 Å². The summed E-state index contributed by atoms with van der Waals surface area (Å²) in [6.45, 7) is 0. The Kier molecular flexibility index (Phi) is 5.23. The molecule has 0 aliphatic rings. The first-order chi connectivity index (χ1) is 8.82. The second-order valence-corrected chi connectivity index (χ2v) is 6.60. The molecule has 0 aliphatic carbocycles. The molecular weight excluding hydrogens is 266 g/mol. The van der Waals surface area contributed by atoms with E-state index in [1.54, 1.807) is 30.3 Å². The van der Waals surface area contributed by atoms with Crippen molar-refractivity contribution in [3.05, 3.63) is 35.9 Å². The predicted octanol–water partition coefficient (Wildman–Crippen LogP) is 0.762. The number of rotatable bonds is 6. The highest BCUT2D eigenvalue weighted by Gasteiger charge is 2.19. The quantitative estimate of drug-likeness (QED) is 0.723. The van der Waals surface area contributed by atoms with Gasteiger partial charge in [-0.05, 0) is 0 Å². The smallest absolute Gasteiger partial charge is 0.237 e. The van der Waals surface area contributed by atoms with Crippen molar-refractivity contribution >= 4 is 21.5 Å². The average Bonchev–Trinajstić information content (AvgIpc) is 2.36. The van der Waals surface area contributed by atoms with Gasteiger partial charge in [0.2, 0.25) is 5.91 Å². The third-order valence-electron chi connectivity index (χ3n) is 2.58. The molecule has 1 aromatic carbocycles. The molecule has 5 nitrogen and oxygen atoms in total. The molecule has 6 heteroatoms. The van der Waals surface area contributed by atoms with Gasteiger partial charge < -0.3 is 4.90 Å². The summed E-state index contributed by atoms with van der Waals surface area (Å²) in [5.74, 6) is -1.57. The summed E-state index contributed by atoms with van der Waals surface area (Å²) < 4.78 is 23.4. The minimum atomic E-state index is -3.54. The van der Waals surface area contributed by atoms with Crippen LogP contribution in [0.4, 0.5) is 0 Å². The summed E-state index contributed by atoms with van der Waals surface area (Å²) >= 11 is 0. The van der Waals surface area contributed by atoms with E-state index in [4.69, 9.17) is 0 Å². The number of Topliss-reactive ketones (excluding diaryl/α,β-unsaturated/α-hetero) is 1. The Bertz CT molecular complexity index is 549. The maximum Gasteiger partial charge on any atom is 0.237 e. The van der Waals surface area contributed by atoms with Crippen molar-refractivity contribution in [1.29, 1.82) is 0 Å². The molecule has 1 amide bonds. The van der Waals surface area contributed by atoms with Gasteiger partial charge in [-0.3, -0.25) is 9.59 Å². The highest BCUT2D eigenvalue weighted by atomic mass is 32.2. The SMILES string of the molecule is CN(C)C(=O)CS(=O)(=O)CCC(=O)c1ccccc1. The maximum absolute atomic E-state index is 11.8. The molecule has 0 radical (unpaired) electrons. The molecule has 0 bridgehead atoms. The normalized spacial score (nSPS) is 11.1. The van der Waals surface area contributed by atoms with Gasteiger partial charge in [0.05, 0.1) is 5.75 Å². The van der Waals surface area contributed by atoms with Gasteiger partial charge in [-0.1, -0.05) is 30.3 Å². The molecule has 0 atom stereocenters. The van der Waals surface area contributed by atoms with Crippen molar-refractivity contribution in [2.24, 2.45) is 0 Å². The molecular formula is C13H17NO4S. The first-order valence-corrected chi connectivity index (χ1v) is 7.63. The van der Waals surface area contributed by atoms with Gasteiger partial charge in [-0.15, -0.1) is 0 Å². The van der Waals surface area contributed by atoms with E-state index < -0.39 is 21.5 Å². The molecule has 19 heavy (non-hydrogen) atoms. The zero-order valence-corrected chi connectivity index (χ0v) is 11.8. The summed E-state index contributed by atoms with van der Waals surface area (Å²) in [6.07, 6.45) is -0.104. The van der Waals surface area contributed by atoms with E-state index in [9.17, 15) is 18.0 Å². The minimum absolute atomic E-state index is 0.104. The van der Waals surface area contributed by atoms with Crippen LogP contribution in [0.3, 0.4) is 0 Å². The van der Waals surface area contributed by atoms with Gasteiger partial charge in [0, 0.05) is 26.1 Å². The Hall–Kier alpha value is -1.69. The number of sulfone groups is 1. The van der Waals surface area contributed by atoms with Crippen LogP contribution in [0.2, 0.25) is 0 Å². The maximum atomic E-state index is 11.8. The largest absolute Gasteiger partial charge is 0.348 e. The van der Waals surface area contributed by atoms with Crippen LogP contribution in [0.25, 0.3) is 0 Å². The number of ketones is 1. The summed E-state index contributed by atoms with van der Waals surface area (Å²) in [4.78, 5) is 24.3. The van der Waals surface area contributed by atoms with Crippen LogP contribution in [-0.2, 0) is 14.6 Å². The molecule has 0 saturated carbocycles. The molecule has 0 fully saturated rings. The lowest BCUT2D eigenvalue weighted by Gasteiger charge is -2.10. The van der Waals surface area contributed by atoms with Crippen LogP contribution >= 0.6 is 0 Å². The third-order valence-corrected chi connectivity index (χ3v) is 4.09. The van der Waals surface area contributed by atoms with Crippen LogP contribution in [0.1, 0.15) is 16.8 Å². The minimum Gasteiger partial charge on any atom is -0.348 e. The van der Waals surface area contributed by atoms with E-state index in [1.165, 1.54) is 19.0 Å². The van der Waals surface area contributed by atoms with Crippen LogP contribution < -0.4 is 0 Å². The van der Waals surface area contributed by atoms with Gasteiger partial charge >= 0.3 is 0 Å². The number of carbonyl (C=O) groups excluding carboxylic acids is 2. The number of hydrogen-bond acceptors (Lipinski definition) is 4. The van der Waals surface area contributed by atoms with Gasteiger partial charge in [0.15, 0.2) is 15.6 Å². The molecule has 0 N–H and O–H groups in total. The number of amides is 1. The molecule has 0 heterocycles. The van der Waals surface area contributed by atoms with Gasteiger partial charge in [0.1, 0.15) is 5.75 Å². The lowest BCUT2D eigenvalue weighted by Crippen LogP contribution is -2.30. The van der Waals surface area contributed by atoms with Crippen LogP contribution in [-0.4, -0.2) is 50.6 Å². The van der Waals surface area contributed by atoms with E-state index in [0.717, 1.165) is 0 Å². The fourth-order valence-electron chi connectivity index (χ4n) is 1.41. The highest BCUT2D eigenvalue weighted by molar-refractivity contribution is 7.92. The van der Waals surface area contributed by atoms with E-state index in [-0.39, 0.29) is 18.0 Å². The van der Waals surface area contributed by atoms with E-state index in [2.05, 4.69) is 0 Å². The highest BCUT2D eigenvalue weighted by Crippen LogP contribution is 2.05. The lowest BCUT2D eigenvalue weighted by atomic mass is 10.1. The van der Waals surface area contributed by atoms with Crippen LogP contribution in [0.15, 0.2) is 30.3 Å². The summed E-state index contributed by atoms with van der Waals surface area (Å²) in [6, 6.07) is 8.50. The Labute approximate surface area is 113 Å². The Morgan fingerprint density at radius 2 is 1.68 bits per heavy atom. The van der Waals surface area contributed by atoms with Crippen molar-refractivity contribution < 1.29 is 18.0 Å². The molecule has 0 spiro atoms. The fourth-order valence-corrected chi connectivity index (χ4v) is 2.68. The lowest BCUT2D eigenvalue weighted by molar-refractivity contribution is -0.125. The van der Waals surface area contributed by atoms with E-state index in [1.807, 2.05) is 0 Å². The van der Waals surface area contributed by atoms with Crippen LogP contribution in [0, 0.1) is 0 Å². The fraction of sp³-hybridized carbons (Fsp3) is 0.385.